The number of nitro groups is 1. The number of oxazole rings is 1. The van der Waals surface area contributed by atoms with E-state index in [0.717, 1.165) is 16.8 Å². The third-order valence-electron chi connectivity index (χ3n) is 7.22. The summed E-state index contributed by atoms with van der Waals surface area (Å²) in [6, 6.07) is 10.6. The number of ether oxygens (including phenoxy) is 1. The molecule has 42 heavy (non-hydrogen) atoms. The summed E-state index contributed by atoms with van der Waals surface area (Å²) in [5.41, 5.74) is 7.89. The van der Waals surface area contributed by atoms with Crippen molar-refractivity contribution in [2.45, 2.75) is 37.1 Å². The number of para-hydroxylation sites is 1. The molecule has 0 saturated carbocycles. The summed E-state index contributed by atoms with van der Waals surface area (Å²) >= 11 is 0. The molecule has 3 N–H and O–H groups in total. The van der Waals surface area contributed by atoms with Gasteiger partial charge in [0.15, 0.2) is 17.0 Å². The van der Waals surface area contributed by atoms with E-state index in [2.05, 4.69) is 16.0 Å². The maximum Gasteiger partial charge on any atom is 0.289 e. The summed E-state index contributed by atoms with van der Waals surface area (Å²) in [7, 11) is -3.26. The first kappa shape index (κ1) is 28.2. The lowest BCUT2D eigenvalue weighted by molar-refractivity contribution is -0.387. The zero-order valence-electron chi connectivity index (χ0n) is 22.6. The molecule has 214 valence electrons. The first-order valence-electron chi connectivity index (χ1n) is 12.7. The molecule has 4 aromatic rings. The van der Waals surface area contributed by atoms with Gasteiger partial charge in [0.1, 0.15) is 17.3 Å². The molecule has 2 aromatic carbocycles. The summed E-state index contributed by atoms with van der Waals surface area (Å²) in [5, 5.41) is 30.3. The first-order chi connectivity index (χ1) is 20.1. The summed E-state index contributed by atoms with van der Waals surface area (Å²) in [6.07, 6.45) is 3.90. The van der Waals surface area contributed by atoms with Gasteiger partial charge >= 0.3 is 0 Å². The van der Waals surface area contributed by atoms with Crippen LogP contribution in [0.4, 0.5) is 17.1 Å². The van der Waals surface area contributed by atoms with E-state index < -0.39 is 31.6 Å². The zero-order chi connectivity index (χ0) is 30.2. The highest BCUT2D eigenvalue weighted by Crippen LogP contribution is 2.44. The molecule has 0 aliphatic heterocycles. The number of benzene rings is 2. The van der Waals surface area contributed by atoms with Gasteiger partial charge in [0.05, 0.1) is 35.7 Å². The minimum Gasteiger partial charge on any atom is -0.480 e. The van der Waals surface area contributed by atoms with Crippen molar-refractivity contribution in [2.75, 3.05) is 17.1 Å². The van der Waals surface area contributed by atoms with E-state index in [9.17, 15) is 23.8 Å². The number of nitriles is 1. The molecular formula is C28H25N7O6S. The average molecular weight is 588 g/mol. The molecule has 2 aromatic heterocycles. The predicted molar refractivity (Wildman–Crippen MR) is 152 cm³/mol. The van der Waals surface area contributed by atoms with E-state index >= 15 is 0 Å². The fourth-order valence-electron chi connectivity index (χ4n) is 5.23. The Labute approximate surface area is 240 Å². The molecule has 0 bridgehead atoms. The summed E-state index contributed by atoms with van der Waals surface area (Å²) < 4.78 is 40.8. The van der Waals surface area contributed by atoms with Crippen LogP contribution < -0.4 is 14.8 Å². The van der Waals surface area contributed by atoms with Crippen molar-refractivity contribution in [1.82, 2.24) is 9.97 Å². The summed E-state index contributed by atoms with van der Waals surface area (Å²) in [5.74, 6) is 0.162. The highest BCUT2D eigenvalue weighted by atomic mass is 32.2. The summed E-state index contributed by atoms with van der Waals surface area (Å²) in [4.78, 5) is 19.1. The van der Waals surface area contributed by atoms with E-state index in [4.69, 9.17) is 20.3 Å². The fourth-order valence-corrected chi connectivity index (χ4v) is 7.03. The molecule has 5 rings (SSSR count). The molecule has 1 aliphatic rings. The quantitative estimate of drug-likeness (QED) is 0.128. The number of pyridine rings is 1. The molecule has 1 unspecified atom stereocenters. The Balaban J connectivity index is 1.79. The van der Waals surface area contributed by atoms with Gasteiger partial charge in [-0.25, -0.2) is 18.4 Å². The Hall–Kier alpha value is -5.29. The Morgan fingerprint density at radius 2 is 2.07 bits per heavy atom. The third-order valence-corrected chi connectivity index (χ3v) is 9.10. The van der Waals surface area contributed by atoms with Crippen LogP contribution in [0.25, 0.3) is 0 Å². The van der Waals surface area contributed by atoms with E-state index in [1.807, 2.05) is 0 Å². The number of methoxy groups -OCH3 is 1. The van der Waals surface area contributed by atoms with Crippen LogP contribution in [0.5, 0.6) is 5.88 Å². The molecule has 1 aliphatic carbocycles. The minimum atomic E-state index is -4.63. The van der Waals surface area contributed by atoms with Crippen LogP contribution in [0, 0.1) is 33.8 Å². The van der Waals surface area contributed by atoms with Gasteiger partial charge in [-0.1, -0.05) is 12.1 Å². The van der Waals surface area contributed by atoms with Crippen LogP contribution in [0.3, 0.4) is 0 Å². The maximum absolute atomic E-state index is 14.5. The van der Waals surface area contributed by atoms with Gasteiger partial charge in [-0.2, -0.15) is 5.26 Å². The number of hydrogen-bond donors (Lipinski definition) is 2. The number of sulfonamides is 1. The molecular weight excluding hydrogens is 562 g/mol. The van der Waals surface area contributed by atoms with Crippen molar-refractivity contribution >= 4 is 32.8 Å². The van der Waals surface area contributed by atoms with Crippen LogP contribution in [-0.4, -0.2) is 36.1 Å². The number of nitro benzene ring substituents is 1. The highest BCUT2D eigenvalue weighted by molar-refractivity contribution is 7.93. The number of nitrogens with two attached hydrogens (primary N) is 1. The van der Waals surface area contributed by atoms with Gasteiger partial charge in [-0.05, 0) is 61.6 Å². The molecule has 0 fully saturated rings. The fraction of sp³-hybridized carbons (Fsp3) is 0.214. The van der Waals surface area contributed by atoms with Gasteiger partial charge in [-0.15, -0.1) is 0 Å². The van der Waals surface area contributed by atoms with Gasteiger partial charge < -0.3 is 14.9 Å². The third kappa shape index (κ3) is 4.69. The summed E-state index contributed by atoms with van der Waals surface area (Å²) in [6.45, 7) is 1.75. The molecule has 0 spiro atoms. The Morgan fingerprint density at radius 1 is 1.31 bits per heavy atom. The van der Waals surface area contributed by atoms with E-state index in [0.29, 0.717) is 36.1 Å². The Bertz CT molecular complexity index is 1870. The number of nitrogen functional groups attached to an aromatic ring is 1. The molecule has 0 saturated heterocycles. The normalized spacial score (nSPS) is 14.5. The number of anilines is 2. The van der Waals surface area contributed by atoms with Crippen molar-refractivity contribution < 1.29 is 22.5 Å². The lowest BCUT2D eigenvalue weighted by Gasteiger charge is -2.36. The van der Waals surface area contributed by atoms with Crippen molar-refractivity contribution in [3.05, 3.63) is 98.9 Å². The SMILES string of the molecule is COc1nc2c(c(C)c1C#N)CCCC2N(c1ccc(N)c(C(=N)c2cnco2)c1)S(=O)(=O)c1ccccc1[N+](=O)[O-]. The van der Waals surface area contributed by atoms with E-state index in [1.54, 1.807) is 6.92 Å². The van der Waals surface area contributed by atoms with Crippen LogP contribution in [0.1, 0.15) is 52.6 Å². The molecule has 1 atom stereocenters. The van der Waals surface area contributed by atoms with Gasteiger partial charge in [0.25, 0.3) is 15.7 Å². The Kier molecular flexibility index (Phi) is 7.36. The van der Waals surface area contributed by atoms with Gasteiger partial charge in [-0.3, -0.25) is 19.8 Å². The van der Waals surface area contributed by atoms with Crippen LogP contribution in [-0.2, 0) is 16.4 Å². The maximum atomic E-state index is 14.5. The number of hydrogen-bond acceptors (Lipinski definition) is 11. The second-order valence-corrected chi connectivity index (χ2v) is 11.3. The number of nitrogens with one attached hydrogen (secondary N) is 1. The van der Waals surface area contributed by atoms with Crippen LogP contribution >= 0.6 is 0 Å². The second kappa shape index (κ2) is 10.9. The molecule has 0 radical (unpaired) electrons. The van der Waals surface area contributed by atoms with Crippen molar-refractivity contribution in [2.24, 2.45) is 0 Å². The lowest BCUT2D eigenvalue weighted by Crippen LogP contribution is -2.38. The number of fused-ring (bicyclic) bond motifs is 1. The highest BCUT2D eigenvalue weighted by Gasteiger charge is 2.40. The van der Waals surface area contributed by atoms with E-state index in [1.165, 1.54) is 49.7 Å². The topological polar surface area (TPSA) is 202 Å². The van der Waals surface area contributed by atoms with Gasteiger partial charge in [0.2, 0.25) is 5.88 Å². The largest absolute Gasteiger partial charge is 0.480 e. The smallest absolute Gasteiger partial charge is 0.289 e. The molecule has 0 amide bonds. The standard InChI is InChI=1S/C28H25N7O6S/c1-16-18-6-5-8-23(27(18)33-28(40-2)20(16)13-29)34(42(38,39)25-9-4-3-7-22(25)35(36)37)17-10-11-21(30)19(12-17)26(31)24-14-32-15-41-24/h3-4,7,9-12,14-15,23,31H,5-6,8,30H2,1-2H3. The van der Waals surface area contributed by atoms with Crippen molar-refractivity contribution in [3.63, 3.8) is 0 Å². The minimum absolute atomic E-state index is 0.0498. The zero-order valence-corrected chi connectivity index (χ0v) is 23.4. The van der Waals surface area contributed by atoms with E-state index in [-0.39, 0.29) is 39.9 Å². The van der Waals surface area contributed by atoms with Crippen LogP contribution in [0.15, 0.2) is 64.4 Å². The van der Waals surface area contributed by atoms with Crippen molar-refractivity contribution in [1.29, 1.82) is 10.7 Å². The average Bonchev–Trinajstić information content (AvgIpc) is 3.53. The molecule has 14 heteroatoms. The Morgan fingerprint density at radius 3 is 2.74 bits per heavy atom. The predicted octanol–water partition coefficient (Wildman–Crippen LogP) is 4.44. The first-order valence-corrected chi connectivity index (χ1v) is 14.2. The monoisotopic (exact) mass is 587 g/mol. The second-order valence-electron chi connectivity index (χ2n) is 9.54. The lowest BCUT2D eigenvalue weighted by atomic mass is 9.87. The number of rotatable bonds is 8. The number of aromatic nitrogens is 2. The van der Waals surface area contributed by atoms with Gasteiger partial charge in [0, 0.05) is 17.3 Å². The number of nitrogens with zero attached hydrogens (tertiary/aromatic N) is 5. The molecule has 13 nitrogen and oxygen atoms in total. The van der Waals surface area contributed by atoms with Crippen molar-refractivity contribution in [3.8, 4) is 11.9 Å². The van der Waals surface area contributed by atoms with Crippen LogP contribution in [0.2, 0.25) is 0 Å². The molecule has 2 heterocycles.